The third-order valence-electron chi connectivity index (χ3n) is 11.6. The minimum atomic E-state index is -1.68. The van der Waals surface area contributed by atoms with Crippen LogP contribution < -0.4 is 5.32 Å². The van der Waals surface area contributed by atoms with E-state index in [0.29, 0.717) is 19.3 Å². The molecule has 0 radical (unpaired) electrons. The lowest BCUT2D eigenvalue weighted by Gasteiger charge is -2.40. The molecule has 61 heavy (non-hydrogen) atoms. The second-order valence-corrected chi connectivity index (χ2v) is 17.2. The first-order valence-corrected chi connectivity index (χ1v) is 24.5. The molecular formula is C50H91NO10. The largest absolute Gasteiger partial charge is 0.394 e. The molecule has 1 heterocycles. The predicted octanol–water partition coefficient (Wildman–Crippen LogP) is 8.56. The van der Waals surface area contributed by atoms with Crippen molar-refractivity contribution in [2.75, 3.05) is 13.2 Å². The van der Waals surface area contributed by atoms with Gasteiger partial charge < -0.3 is 50.5 Å². The van der Waals surface area contributed by atoms with Crippen molar-refractivity contribution >= 4 is 5.91 Å². The number of aliphatic hydroxyl groups is 7. The number of allylic oxidation sites excluding steroid dienone is 7. The molecular weight excluding hydrogens is 775 g/mol. The number of nitrogens with one attached hydrogen (secondary N) is 1. The quantitative estimate of drug-likeness (QED) is 0.0219. The van der Waals surface area contributed by atoms with Gasteiger partial charge in [0.25, 0.3) is 0 Å². The Bertz CT molecular complexity index is 1130. The zero-order valence-corrected chi connectivity index (χ0v) is 38.4. The van der Waals surface area contributed by atoms with Gasteiger partial charge in [0.15, 0.2) is 6.29 Å². The van der Waals surface area contributed by atoms with Gasteiger partial charge in [-0.25, -0.2) is 0 Å². The van der Waals surface area contributed by atoms with E-state index in [9.17, 15) is 40.5 Å². The van der Waals surface area contributed by atoms with Crippen LogP contribution in [0.2, 0.25) is 0 Å². The molecule has 1 fully saturated rings. The average molecular weight is 866 g/mol. The van der Waals surface area contributed by atoms with Crippen LogP contribution in [0.15, 0.2) is 48.6 Å². The van der Waals surface area contributed by atoms with Crippen LogP contribution in [0.1, 0.15) is 194 Å². The van der Waals surface area contributed by atoms with E-state index in [1.807, 2.05) is 6.08 Å². The molecule has 1 rings (SSSR count). The maximum atomic E-state index is 13.0. The zero-order valence-electron chi connectivity index (χ0n) is 38.4. The molecule has 9 atom stereocenters. The van der Waals surface area contributed by atoms with Crippen molar-refractivity contribution < 1.29 is 50.0 Å². The van der Waals surface area contributed by atoms with Gasteiger partial charge in [0.05, 0.1) is 25.4 Å². The van der Waals surface area contributed by atoms with Gasteiger partial charge in [-0.2, -0.15) is 0 Å². The first-order chi connectivity index (χ1) is 29.7. The maximum Gasteiger partial charge on any atom is 0.249 e. The zero-order chi connectivity index (χ0) is 44.8. The van der Waals surface area contributed by atoms with Gasteiger partial charge in [-0.15, -0.1) is 0 Å². The van der Waals surface area contributed by atoms with Crippen LogP contribution in [0.4, 0.5) is 0 Å². The number of hydrogen-bond donors (Lipinski definition) is 8. The van der Waals surface area contributed by atoms with Gasteiger partial charge >= 0.3 is 0 Å². The van der Waals surface area contributed by atoms with Gasteiger partial charge in [-0.05, 0) is 64.2 Å². The van der Waals surface area contributed by atoms with Gasteiger partial charge in [0.1, 0.15) is 36.6 Å². The van der Waals surface area contributed by atoms with Crippen molar-refractivity contribution in [3.8, 4) is 0 Å². The summed E-state index contributed by atoms with van der Waals surface area (Å²) in [5.74, 6) is -0.779. The summed E-state index contributed by atoms with van der Waals surface area (Å²) in [5.41, 5.74) is 0. The molecule has 356 valence electrons. The van der Waals surface area contributed by atoms with Gasteiger partial charge in [-0.1, -0.05) is 172 Å². The molecule has 1 amide bonds. The fraction of sp³-hybridized carbons (Fsp3) is 0.820. The van der Waals surface area contributed by atoms with Gasteiger partial charge in [-0.3, -0.25) is 4.79 Å². The van der Waals surface area contributed by atoms with E-state index in [2.05, 4.69) is 55.6 Å². The summed E-state index contributed by atoms with van der Waals surface area (Å²) in [4.78, 5) is 13.0. The van der Waals surface area contributed by atoms with Crippen LogP contribution in [0, 0.1) is 0 Å². The fourth-order valence-electron chi connectivity index (χ4n) is 7.50. The summed E-state index contributed by atoms with van der Waals surface area (Å²) < 4.78 is 11.0. The number of hydrogen-bond acceptors (Lipinski definition) is 10. The summed E-state index contributed by atoms with van der Waals surface area (Å²) in [7, 11) is 0. The van der Waals surface area contributed by atoms with Crippen molar-refractivity contribution in [1.29, 1.82) is 0 Å². The first-order valence-electron chi connectivity index (χ1n) is 24.5. The monoisotopic (exact) mass is 866 g/mol. The Morgan fingerprint density at radius 1 is 0.590 bits per heavy atom. The third-order valence-corrected chi connectivity index (χ3v) is 11.6. The molecule has 1 saturated heterocycles. The minimum absolute atomic E-state index is 0.0393. The van der Waals surface area contributed by atoms with E-state index < -0.39 is 74.2 Å². The van der Waals surface area contributed by atoms with Crippen molar-refractivity contribution in [1.82, 2.24) is 5.32 Å². The fourth-order valence-corrected chi connectivity index (χ4v) is 7.50. The number of unbranched alkanes of at least 4 members (excludes halogenated alkanes) is 21. The van der Waals surface area contributed by atoms with Crippen molar-refractivity contribution in [3.05, 3.63) is 48.6 Å². The number of rotatable bonds is 40. The highest BCUT2D eigenvalue weighted by atomic mass is 16.7. The molecule has 0 bridgehead atoms. The Morgan fingerprint density at radius 3 is 1.57 bits per heavy atom. The van der Waals surface area contributed by atoms with E-state index in [4.69, 9.17) is 9.47 Å². The van der Waals surface area contributed by atoms with Gasteiger partial charge in [0.2, 0.25) is 5.91 Å². The van der Waals surface area contributed by atoms with Crippen molar-refractivity contribution in [2.24, 2.45) is 0 Å². The average Bonchev–Trinajstić information content (AvgIpc) is 3.26. The summed E-state index contributed by atoms with van der Waals surface area (Å²) in [6.45, 7) is 3.37. The normalized spacial score (nSPS) is 21.9. The lowest BCUT2D eigenvalue weighted by molar-refractivity contribution is -0.303. The van der Waals surface area contributed by atoms with Crippen molar-refractivity contribution in [2.45, 2.75) is 249 Å². The smallest absolute Gasteiger partial charge is 0.249 e. The maximum absolute atomic E-state index is 13.0. The van der Waals surface area contributed by atoms with E-state index in [0.717, 1.165) is 25.7 Å². The highest BCUT2D eigenvalue weighted by Gasteiger charge is 2.44. The Kier molecular flexibility index (Phi) is 37.1. The second kappa shape index (κ2) is 39.6. The van der Waals surface area contributed by atoms with Crippen molar-refractivity contribution in [3.63, 3.8) is 0 Å². The molecule has 0 aromatic heterocycles. The molecule has 1 aliphatic heterocycles. The minimum Gasteiger partial charge on any atom is -0.394 e. The van der Waals surface area contributed by atoms with E-state index in [-0.39, 0.29) is 12.8 Å². The third kappa shape index (κ3) is 29.2. The summed E-state index contributed by atoms with van der Waals surface area (Å²) in [6, 6.07) is -1.22. The van der Waals surface area contributed by atoms with Crippen LogP contribution in [-0.4, -0.2) is 110 Å². The Hall–Kier alpha value is -1.93. The molecule has 9 unspecified atom stereocenters. The highest BCUT2D eigenvalue weighted by Crippen LogP contribution is 2.23. The topological polar surface area (TPSA) is 189 Å². The van der Waals surface area contributed by atoms with Crippen LogP contribution >= 0.6 is 0 Å². The lowest BCUT2D eigenvalue weighted by atomic mass is 9.99. The van der Waals surface area contributed by atoms with E-state index in [1.54, 1.807) is 6.08 Å². The first kappa shape index (κ1) is 57.1. The van der Waals surface area contributed by atoms with Crippen LogP contribution in [0.3, 0.4) is 0 Å². The molecule has 1 aliphatic rings. The summed E-state index contributed by atoms with van der Waals surface area (Å²) >= 11 is 0. The number of carbonyl (C=O) groups excluding carboxylic acids is 1. The standard InChI is InChI=1S/C50H91NO10/c1-3-5-7-9-11-13-15-17-18-19-20-21-22-23-24-25-26-28-29-31-33-35-37-42(53)45(55)41(40-60-50-48(58)47(57)46(56)44(39-52)61-50)51-49(59)43(54)38-36-34-32-30-27-16-14-12-10-8-6-4-2/h24-25,27,29-31,34,36,41-48,50,52-58H,3-23,26,28,32-33,35,37-40H2,1-2H3,(H,51,59)/b25-24+,30-27-,31-29+,36-34-. The van der Waals surface area contributed by atoms with Crippen LogP contribution in [0.5, 0.6) is 0 Å². The molecule has 0 aromatic carbocycles. The number of amides is 1. The molecule has 8 N–H and O–H groups in total. The van der Waals surface area contributed by atoms with E-state index in [1.165, 1.54) is 122 Å². The summed E-state index contributed by atoms with van der Waals surface area (Å²) in [5, 5.41) is 75.5. The molecule has 0 aromatic rings. The Morgan fingerprint density at radius 2 is 1.05 bits per heavy atom. The van der Waals surface area contributed by atoms with Gasteiger partial charge in [0, 0.05) is 6.42 Å². The molecule has 11 nitrogen and oxygen atoms in total. The lowest BCUT2D eigenvalue weighted by Crippen LogP contribution is -2.60. The molecule has 0 aliphatic carbocycles. The predicted molar refractivity (Wildman–Crippen MR) is 247 cm³/mol. The molecule has 11 heteroatoms. The van der Waals surface area contributed by atoms with Crippen LogP contribution in [-0.2, 0) is 14.3 Å². The van der Waals surface area contributed by atoms with Crippen LogP contribution in [0.25, 0.3) is 0 Å². The Balaban J connectivity index is 2.46. The molecule has 0 spiro atoms. The molecule has 0 saturated carbocycles. The SMILES string of the molecule is CCCCCCCC/C=C\C/C=C\CC(O)C(=O)NC(COC1OC(CO)C(O)C(O)C1O)C(O)C(O)CCC/C=C/CC/C=C/CCCCCCCCCCCCCCC. The second-order valence-electron chi connectivity index (χ2n) is 17.2. The highest BCUT2D eigenvalue weighted by molar-refractivity contribution is 5.81. The Labute approximate surface area is 370 Å². The van der Waals surface area contributed by atoms with E-state index >= 15 is 0 Å². The number of carbonyl (C=O) groups is 1. The summed E-state index contributed by atoms with van der Waals surface area (Å²) in [6.07, 6.45) is 36.2. The number of ether oxygens (including phenoxy) is 2. The number of aliphatic hydroxyl groups excluding tert-OH is 7.